The number of carbonyl (C=O) groups is 2. The Morgan fingerprint density at radius 2 is 1.76 bits per heavy atom. The maximum absolute atomic E-state index is 13.7. The molecule has 150 valence electrons. The van der Waals surface area contributed by atoms with Gasteiger partial charge in [0.05, 0.1) is 24.2 Å². The second kappa shape index (κ2) is 8.22. The summed E-state index contributed by atoms with van der Waals surface area (Å²) in [5, 5.41) is 4.29. The molecule has 0 aliphatic heterocycles. The van der Waals surface area contributed by atoms with Crippen molar-refractivity contribution in [3.05, 3.63) is 76.6 Å². The lowest BCUT2D eigenvalue weighted by molar-refractivity contribution is 0.0473. The van der Waals surface area contributed by atoms with Crippen LogP contribution in [-0.2, 0) is 4.74 Å². The number of Topliss-reactive ketones (excluding diaryl/α,β-unsaturated/α-hetero) is 1. The highest BCUT2D eigenvalue weighted by atomic mass is 19.1. The summed E-state index contributed by atoms with van der Waals surface area (Å²) in [5.41, 5.74) is 1.74. The van der Waals surface area contributed by atoms with Crippen LogP contribution in [0, 0.1) is 25.5 Å². The minimum atomic E-state index is -0.726. The molecule has 2 aromatic carbocycles. The van der Waals surface area contributed by atoms with E-state index in [2.05, 4.69) is 5.10 Å². The van der Waals surface area contributed by atoms with Gasteiger partial charge < -0.3 is 9.47 Å². The summed E-state index contributed by atoms with van der Waals surface area (Å²) in [7, 11) is 1.32. The molecule has 0 saturated carbocycles. The van der Waals surface area contributed by atoms with Gasteiger partial charge in [-0.05, 0) is 56.3 Å². The molecule has 0 amide bonds. The van der Waals surface area contributed by atoms with Crippen molar-refractivity contribution in [1.82, 2.24) is 9.78 Å². The predicted molar refractivity (Wildman–Crippen MR) is 101 cm³/mol. The summed E-state index contributed by atoms with van der Waals surface area (Å²) in [6.07, 6.45) is 0. The fourth-order valence-electron chi connectivity index (χ4n) is 2.90. The minimum Gasteiger partial charge on any atom is -0.494 e. The molecule has 0 bridgehead atoms. The van der Waals surface area contributed by atoms with E-state index in [0.29, 0.717) is 17.1 Å². The van der Waals surface area contributed by atoms with E-state index < -0.39 is 24.2 Å². The van der Waals surface area contributed by atoms with Gasteiger partial charge in [0, 0.05) is 5.56 Å². The van der Waals surface area contributed by atoms with Gasteiger partial charge in [0.15, 0.2) is 24.0 Å². The van der Waals surface area contributed by atoms with Crippen molar-refractivity contribution in [3.63, 3.8) is 0 Å². The van der Waals surface area contributed by atoms with Crippen LogP contribution in [-0.4, -0.2) is 35.2 Å². The smallest absolute Gasteiger partial charge is 0.342 e. The number of halogens is 2. The van der Waals surface area contributed by atoms with Gasteiger partial charge >= 0.3 is 5.97 Å². The molecule has 0 radical (unpaired) electrons. The largest absolute Gasteiger partial charge is 0.494 e. The number of aryl methyl sites for hydroxylation is 1. The molecule has 0 N–H and O–H groups in total. The maximum atomic E-state index is 13.7. The number of ketones is 1. The lowest BCUT2D eigenvalue weighted by Crippen LogP contribution is -2.15. The zero-order valence-electron chi connectivity index (χ0n) is 16.0. The molecule has 1 aromatic heterocycles. The van der Waals surface area contributed by atoms with Crippen LogP contribution in [0.5, 0.6) is 5.75 Å². The molecule has 0 atom stereocenters. The Bertz CT molecular complexity index is 1080. The molecule has 0 spiro atoms. The van der Waals surface area contributed by atoms with Crippen molar-refractivity contribution in [1.29, 1.82) is 0 Å². The molecule has 0 aliphatic carbocycles. The third-order valence-corrected chi connectivity index (χ3v) is 4.37. The van der Waals surface area contributed by atoms with E-state index in [4.69, 9.17) is 9.47 Å². The first-order chi connectivity index (χ1) is 13.8. The number of carbonyl (C=O) groups excluding carboxylic acids is 2. The quantitative estimate of drug-likeness (QED) is 0.465. The van der Waals surface area contributed by atoms with Crippen molar-refractivity contribution < 1.29 is 27.8 Å². The zero-order chi connectivity index (χ0) is 21.1. The third kappa shape index (κ3) is 4.16. The summed E-state index contributed by atoms with van der Waals surface area (Å²) in [5.74, 6) is -2.34. The van der Waals surface area contributed by atoms with Gasteiger partial charge in [-0.3, -0.25) is 4.79 Å². The Balaban J connectivity index is 1.75. The lowest BCUT2D eigenvalue weighted by atomic mass is 10.1. The number of ether oxygens (including phenoxy) is 2. The summed E-state index contributed by atoms with van der Waals surface area (Å²) in [6.45, 7) is 2.75. The van der Waals surface area contributed by atoms with E-state index in [1.54, 1.807) is 13.8 Å². The van der Waals surface area contributed by atoms with Crippen LogP contribution >= 0.6 is 0 Å². The van der Waals surface area contributed by atoms with E-state index in [-0.39, 0.29) is 22.7 Å². The first-order valence-corrected chi connectivity index (χ1v) is 8.68. The number of hydrogen-bond donors (Lipinski definition) is 0. The third-order valence-electron chi connectivity index (χ3n) is 4.37. The Morgan fingerprint density at radius 1 is 1.07 bits per heavy atom. The molecule has 0 unspecified atom stereocenters. The highest BCUT2D eigenvalue weighted by Crippen LogP contribution is 2.20. The Labute approximate surface area is 165 Å². The zero-order valence-corrected chi connectivity index (χ0v) is 16.0. The Kier molecular flexibility index (Phi) is 5.72. The Hall–Kier alpha value is -3.55. The Morgan fingerprint density at radius 3 is 2.38 bits per heavy atom. The number of benzene rings is 2. The molecular formula is C21H18F2N2O4. The van der Waals surface area contributed by atoms with Crippen molar-refractivity contribution in [2.24, 2.45) is 0 Å². The molecule has 0 aliphatic rings. The number of rotatable bonds is 6. The van der Waals surface area contributed by atoms with E-state index in [9.17, 15) is 18.4 Å². The lowest BCUT2D eigenvalue weighted by Gasteiger charge is -2.07. The van der Waals surface area contributed by atoms with Crippen LogP contribution in [0.1, 0.15) is 32.1 Å². The molecule has 29 heavy (non-hydrogen) atoms. The first-order valence-electron chi connectivity index (χ1n) is 8.68. The fourth-order valence-corrected chi connectivity index (χ4v) is 2.90. The van der Waals surface area contributed by atoms with Crippen molar-refractivity contribution in [3.8, 4) is 11.4 Å². The molecule has 3 rings (SSSR count). The monoisotopic (exact) mass is 400 g/mol. The maximum Gasteiger partial charge on any atom is 0.342 e. The normalized spacial score (nSPS) is 10.7. The molecule has 3 aromatic rings. The van der Waals surface area contributed by atoms with Crippen molar-refractivity contribution >= 4 is 11.8 Å². The number of esters is 1. The van der Waals surface area contributed by atoms with E-state index >= 15 is 0 Å². The van der Waals surface area contributed by atoms with E-state index in [0.717, 1.165) is 6.07 Å². The average molecular weight is 400 g/mol. The first kappa shape index (κ1) is 20.2. The number of aromatic nitrogens is 2. The standard InChI is InChI=1S/C21H18F2N2O4/c1-12-20(13(2)25(24-12)16-7-5-15(22)6-8-16)21(27)29-11-18(26)14-4-9-19(28-3)17(23)10-14/h4-10H,11H2,1-3H3. The van der Waals surface area contributed by atoms with Crippen LogP contribution in [0.3, 0.4) is 0 Å². The molecule has 6 nitrogen and oxygen atoms in total. The van der Waals surface area contributed by atoms with Crippen molar-refractivity contribution in [2.45, 2.75) is 13.8 Å². The van der Waals surface area contributed by atoms with E-state index in [1.165, 1.54) is 48.2 Å². The van der Waals surface area contributed by atoms with Crippen LogP contribution in [0.15, 0.2) is 42.5 Å². The second-order valence-corrected chi connectivity index (χ2v) is 6.28. The van der Waals surface area contributed by atoms with Gasteiger partial charge in [0.2, 0.25) is 0 Å². The SMILES string of the molecule is COc1ccc(C(=O)COC(=O)c2c(C)nn(-c3ccc(F)cc3)c2C)cc1F. The van der Waals surface area contributed by atoms with Gasteiger partial charge in [-0.2, -0.15) is 5.10 Å². The molecular weight excluding hydrogens is 382 g/mol. The van der Waals surface area contributed by atoms with E-state index in [1.807, 2.05) is 0 Å². The molecule has 1 heterocycles. The van der Waals surface area contributed by atoms with Gasteiger partial charge in [0.25, 0.3) is 0 Å². The van der Waals surface area contributed by atoms with Gasteiger partial charge in [-0.25, -0.2) is 18.3 Å². The predicted octanol–water partition coefficient (Wildman–Crippen LogP) is 3.82. The summed E-state index contributed by atoms with van der Waals surface area (Å²) >= 11 is 0. The highest BCUT2D eigenvalue weighted by molar-refractivity contribution is 6.00. The summed E-state index contributed by atoms with van der Waals surface area (Å²) in [6, 6.07) is 9.38. The highest BCUT2D eigenvalue weighted by Gasteiger charge is 2.22. The topological polar surface area (TPSA) is 70.4 Å². The summed E-state index contributed by atoms with van der Waals surface area (Å²) in [4.78, 5) is 24.7. The molecule has 0 fully saturated rings. The van der Waals surface area contributed by atoms with Crippen LogP contribution in [0.4, 0.5) is 8.78 Å². The average Bonchev–Trinajstić information content (AvgIpc) is 3.00. The molecule has 0 saturated heterocycles. The fraction of sp³-hybridized carbons (Fsp3) is 0.190. The van der Waals surface area contributed by atoms with Crippen LogP contribution < -0.4 is 4.74 Å². The number of nitrogens with zero attached hydrogens (tertiary/aromatic N) is 2. The van der Waals surface area contributed by atoms with Gasteiger partial charge in [-0.1, -0.05) is 0 Å². The summed E-state index contributed by atoms with van der Waals surface area (Å²) < 4.78 is 38.3. The van der Waals surface area contributed by atoms with Gasteiger partial charge in [-0.15, -0.1) is 0 Å². The van der Waals surface area contributed by atoms with Crippen LogP contribution in [0.2, 0.25) is 0 Å². The van der Waals surface area contributed by atoms with Crippen molar-refractivity contribution in [2.75, 3.05) is 13.7 Å². The molecule has 8 heteroatoms. The van der Waals surface area contributed by atoms with Crippen LogP contribution in [0.25, 0.3) is 5.69 Å². The number of methoxy groups -OCH3 is 1. The second-order valence-electron chi connectivity index (χ2n) is 6.28. The minimum absolute atomic E-state index is 0.0120. The van der Waals surface area contributed by atoms with Gasteiger partial charge in [0.1, 0.15) is 11.4 Å². The number of hydrogen-bond acceptors (Lipinski definition) is 5.